The van der Waals surface area contributed by atoms with Crippen molar-refractivity contribution in [2.45, 2.75) is 83.5 Å². The molecule has 3 fully saturated rings. The molecule has 0 radical (unpaired) electrons. The van der Waals surface area contributed by atoms with Crippen LogP contribution < -0.4 is 0 Å². The van der Waals surface area contributed by atoms with Gasteiger partial charge in [0.1, 0.15) is 12.3 Å². The third-order valence-electron chi connectivity index (χ3n) is 7.24. The summed E-state index contributed by atoms with van der Waals surface area (Å²) in [5.41, 5.74) is 0. The summed E-state index contributed by atoms with van der Waals surface area (Å²) in [5, 5.41) is 9.73. The van der Waals surface area contributed by atoms with Gasteiger partial charge in [0.05, 0.1) is 6.10 Å². The zero-order chi connectivity index (χ0) is 19.7. The lowest BCUT2D eigenvalue weighted by molar-refractivity contribution is 0.145. The second-order valence-corrected chi connectivity index (χ2v) is 9.66. The molecular weight excluding hydrogens is 348 g/mol. The molecule has 3 saturated heterocycles. The van der Waals surface area contributed by atoms with Crippen molar-refractivity contribution in [2.24, 2.45) is 11.8 Å². The van der Waals surface area contributed by atoms with Crippen LogP contribution in [0, 0.1) is 11.8 Å². The van der Waals surface area contributed by atoms with Gasteiger partial charge in [-0.05, 0) is 47.0 Å². The topological polar surface area (TPSA) is 30.0 Å². The lowest BCUT2D eigenvalue weighted by Crippen LogP contribution is -2.36. The maximum absolute atomic E-state index is 14.7. The third-order valence-corrected chi connectivity index (χ3v) is 7.24. The standard InChI is InChI=1S/C21H39F2N3O/c1-14(2)25-9-17(20(22)12-25)8-16(4)26-10-18(21(23)13-26)7-15(3)24-6-5-19(27)11-24/h14-21,27H,5-13H2,1-4H3/t15?,16?,17?,18?,19?,20-,21+/m0/s1. The van der Waals surface area contributed by atoms with Crippen molar-refractivity contribution in [3.8, 4) is 0 Å². The third kappa shape index (κ3) is 5.20. The summed E-state index contributed by atoms with van der Waals surface area (Å²) in [4.78, 5) is 6.75. The SMILES string of the molecule is CC(C)N1CC(CC(C)N2CC(CC(C)N3CCC(O)C3)[C@H](F)C2)[C@@H](F)C1. The fourth-order valence-corrected chi connectivity index (χ4v) is 5.30. The van der Waals surface area contributed by atoms with E-state index in [2.05, 4.69) is 42.4 Å². The lowest BCUT2D eigenvalue weighted by atomic mass is 9.97. The van der Waals surface area contributed by atoms with Gasteiger partial charge in [0, 0.05) is 69.2 Å². The zero-order valence-electron chi connectivity index (χ0n) is 17.5. The molecule has 5 unspecified atom stereocenters. The van der Waals surface area contributed by atoms with E-state index >= 15 is 0 Å². The summed E-state index contributed by atoms with van der Waals surface area (Å²) in [5.74, 6) is 0.127. The molecule has 7 atom stereocenters. The minimum absolute atomic E-state index is 0.0529. The summed E-state index contributed by atoms with van der Waals surface area (Å²) >= 11 is 0. The Hall–Kier alpha value is -0.300. The molecule has 3 aliphatic heterocycles. The van der Waals surface area contributed by atoms with Crippen LogP contribution in [0.4, 0.5) is 8.78 Å². The molecule has 0 saturated carbocycles. The molecule has 3 rings (SSSR count). The average Bonchev–Trinajstić information content (AvgIpc) is 3.28. The Labute approximate surface area is 163 Å². The molecule has 0 aromatic heterocycles. The van der Waals surface area contributed by atoms with Crippen molar-refractivity contribution in [1.29, 1.82) is 0 Å². The molecule has 0 aliphatic carbocycles. The molecule has 6 heteroatoms. The fourth-order valence-electron chi connectivity index (χ4n) is 5.30. The first-order valence-corrected chi connectivity index (χ1v) is 10.9. The van der Waals surface area contributed by atoms with Gasteiger partial charge in [-0.25, -0.2) is 8.78 Å². The van der Waals surface area contributed by atoms with E-state index in [0.29, 0.717) is 25.2 Å². The molecule has 3 aliphatic rings. The van der Waals surface area contributed by atoms with Crippen LogP contribution in [-0.4, -0.2) is 95.6 Å². The number of aliphatic hydroxyl groups excluding tert-OH is 1. The Bertz CT molecular complexity index is 480. The molecule has 0 amide bonds. The van der Waals surface area contributed by atoms with E-state index in [0.717, 1.165) is 45.4 Å². The van der Waals surface area contributed by atoms with E-state index in [1.54, 1.807) is 0 Å². The summed E-state index contributed by atoms with van der Waals surface area (Å²) in [7, 11) is 0. The fraction of sp³-hybridized carbons (Fsp3) is 1.00. The molecule has 0 aromatic rings. The number of nitrogens with zero attached hydrogens (tertiary/aromatic N) is 3. The molecule has 0 bridgehead atoms. The van der Waals surface area contributed by atoms with Gasteiger partial charge in [0.2, 0.25) is 0 Å². The smallest absolute Gasteiger partial charge is 0.117 e. The summed E-state index contributed by atoms with van der Waals surface area (Å²) in [6.07, 6.45) is 0.719. The molecule has 4 nitrogen and oxygen atoms in total. The predicted molar refractivity (Wildman–Crippen MR) is 105 cm³/mol. The van der Waals surface area contributed by atoms with Crippen molar-refractivity contribution >= 4 is 0 Å². The van der Waals surface area contributed by atoms with Gasteiger partial charge in [-0.15, -0.1) is 0 Å². The van der Waals surface area contributed by atoms with Crippen LogP contribution in [0.3, 0.4) is 0 Å². The van der Waals surface area contributed by atoms with Crippen LogP contribution in [0.5, 0.6) is 0 Å². The van der Waals surface area contributed by atoms with E-state index in [4.69, 9.17) is 0 Å². The first-order chi connectivity index (χ1) is 12.7. The van der Waals surface area contributed by atoms with Crippen molar-refractivity contribution in [1.82, 2.24) is 14.7 Å². The second-order valence-electron chi connectivity index (χ2n) is 9.66. The summed E-state index contributed by atoms with van der Waals surface area (Å²) in [6, 6.07) is 0.929. The Morgan fingerprint density at radius 3 is 1.78 bits per heavy atom. The Balaban J connectivity index is 1.47. The Kier molecular flexibility index (Phi) is 7.15. The number of β-amino-alcohol motifs (C(OH)–C–C–N with tert-alkyl or cyclic N) is 1. The van der Waals surface area contributed by atoms with Crippen LogP contribution in [-0.2, 0) is 0 Å². The number of hydrogen-bond donors (Lipinski definition) is 1. The minimum Gasteiger partial charge on any atom is -0.392 e. The van der Waals surface area contributed by atoms with Gasteiger partial charge in [-0.1, -0.05) is 0 Å². The maximum Gasteiger partial charge on any atom is 0.117 e. The summed E-state index contributed by atoms with van der Waals surface area (Å²) in [6.45, 7) is 12.8. The zero-order valence-corrected chi connectivity index (χ0v) is 17.5. The van der Waals surface area contributed by atoms with Gasteiger partial charge >= 0.3 is 0 Å². The molecule has 3 heterocycles. The number of alkyl halides is 2. The number of halogens is 2. The maximum atomic E-state index is 14.7. The number of hydrogen-bond acceptors (Lipinski definition) is 4. The van der Waals surface area contributed by atoms with Crippen LogP contribution >= 0.6 is 0 Å². The van der Waals surface area contributed by atoms with Crippen molar-refractivity contribution in [3.63, 3.8) is 0 Å². The van der Waals surface area contributed by atoms with Crippen LogP contribution in [0.15, 0.2) is 0 Å². The number of aliphatic hydroxyl groups is 1. The first kappa shape index (κ1) is 21.4. The highest BCUT2D eigenvalue weighted by Gasteiger charge is 2.40. The van der Waals surface area contributed by atoms with Crippen molar-refractivity contribution < 1.29 is 13.9 Å². The highest BCUT2D eigenvalue weighted by Crippen LogP contribution is 2.32. The molecule has 0 aromatic carbocycles. The van der Waals surface area contributed by atoms with Crippen LogP contribution in [0.25, 0.3) is 0 Å². The van der Waals surface area contributed by atoms with Crippen LogP contribution in [0.2, 0.25) is 0 Å². The average molecular weight is 388 g/mol. The molecular formula is C21H39F2N3O. The normalized spacial score (nSPS) is 38.9. The quantitative estimate of drug-likeness (QED) is 0.727. The first-order valence-electron chi connectivity index (χ1n) is 10.9. The molecule has 1 N–H and O–H groups in total. The van der Waals surface area contributed by atoms with Crippen molar-refractivity contribution in [2.75, 3.05) is 39.3 Å². The molecule has 158 valence electrons. The van der Waals surface area contributed by atoms with Gasteiger partial charge in [-0.2, -0.15) is 0 Å². The van der Waals surface area contributed by atoms with E-state index in [1.807, 2.05) is 0 Å². The largest absolute Gasteiger partial charge is 0.392 e. The highest BCUT2D eigenvalue weighted by atomic mass is 19.1. The van der Waals surface area contributed by atoms with Crippen LogP contribution in [0.1, 0.15) is 47.0 Å². The monoisotopic (exact) mass is 387 g/mol. The number of likely N-dealkylation sites (tertiary alicyclic amines) is 3. The Morgan fingerprint density at radius 2 is 1.30 bits per heavy atom. The van der Waals surface area contributed by atoms with Gasteiger partial charge in [0.25, 0.3) is 0 Å². The molecule has 0 spiro atoms. The van der Waals surface area contributed by atoms with E-state index in [9.17, 15) is 13.9 Å². The summed E-state index contributed by atoms with van der Waals surface area (Å²) < 4.78 is 29.1. The Morgan fingerprint density at radius 1 is 0.778 bits per heavy atom. The lowest BCUT2D eigenvalue weighted by Gasteiger charge is -2.29. The van der Waals surface area contributed by atoms with E-state index < -0.39 is 12.3 Å². The highest BCUT2D eigenvalue weighted by molar-refractivity contribution is 4.93. The number of rotatable bonds is 7. The molecule has 27 heavy (non-hydrogen) atoms. The minimum atomic E-state index is -0.792. The van der Waals surface area contributed by atoms with Crippen molar-refractivity contribution in [3.05, 3.63) is 0 Å². The predicted octanol–water partition coefficient (Wildman–Crippen LogP) is 2.56. The second kappa shape index (κ2) is 9.02. The van der Waals surface area contributed by atoms with E-state index in [-0.39, 0.29) is 24.0 Å². The van der Waals surface area contributed by atoms with E-state index in [1.165, 1.54) is 0 Å². The van der Waals surface area contributed by atoms with Gasteiger partial charge in [-0.3, -0.25) is 14.7 Å². The van der Waals surface area contributed by atoms with Gasteiger partial charge in [0.15, 0.2) is 0 Å². The van der Waals surface area contributed by atoms with Gasteiger partial charge < -0.3 is 5.11 Å².